The van der Waals surface area contributed by atoms with Crippen molar-refractivity contribution < 1.29 is 9.90 Å². The van der Waals surface area contributed by atoms with E-state index in [0.29, 0.717) is 0 Å². The molecular weight excluding hydrogens is 118 g/mol. The summed E-state index contributed by atoms with van der Waals surface area (Å²) in [7, 11) is 0. The van der Waals surface area contributed by atoms with Crippen LogP contribution in [0, 0.1) is 0 Å². The first kappa shape index (κ1) is 6.71. The van der Waals surface area contributed by atoms with Crippen molar-refractivity contribution in [1.29, 1.82) is 0 Å². The van der Waals surface area contributed by atoms with Crippen molar-refractivity contribution in [2.24, 2.45) is 0 Å². The Hall–Kier alpha value is -0.410. The van der Waals surface area contributed by atoms with Gasteiger partial charge < -0.3 is 10.4 Å². The zero-order valence-corrected chi connectivity index (χ0v) is 5.26. The number of nitrogens with one attached hydrogen (secondary N) is 1. The Bertz CT molecular complexity index is 108. The molecule has 1 fully saturated rings. The Morgan fingerprint density at radius 1 is 1.78 bits per heavy atom. The van der Waals surface area contributed by atoms with E-state index in [-0.39, 0.29) is 18.4 Å². The molecule has 1 saturated heterocycles. The maximum Gasteiger partial charge on any atom is 0.174 e. The number of hydrogen-bond donors (Lipinski definition) is 2. The van der Waals surface area contributed by atoms with E-state index in [9.17, 15) is 4.79 Å². The number of aliphatic hydroxyl groups excluding tert-OH is 1. The van der Waals surface area contributed by atoms with Gasteiger partial charge in [0.25, 0.3) is 0 Å². The molecule has 1 atom stereocenters. The van der Waals surface area contributed by atoms with E-state index >= 15 is 0 Å². The second-order valence-corrected chi connectivity index (χ2v) is 2.27. The summed E-state index contributed by atoms with van der Waals surface area (Å²) in [5.74, 6) is -0.0764. The molecule has 1 aliphatic rings. The van der Waals surface area contributed by atoms with E-state index in [1.807, 2.05) is 0 Å². The molecule has 3 nitrogen and oxygen atoms in total. The molecule has 0 spiro atoms. The van der Waals surface area contributed by atoms with Gasteiger partial charge in [-0.1, -0.05) is 0 Å². The first-order chi connectivity index (χ1) is 4.34. The fourth-order valence-electron chi connectivity index (χ4n) is 1.07. The van der Waals surface area contributed by atoms with E-state index in [1.165, 1.54) is 0 Å². The largest absolute Gasteiger partial charge is 0.389 e. The maximum absolute atomic E-state index is 10.7. The van der Waals surface area contributed by atoms with Crippen LogP contribution in [0.3, 0.4) is 0 Å². The number of rotatable bonds is 2. The Morgan fingerprint density at radius 2 is 2.56 bits per heavy atom. The number of Topliss-reactive ketones (excluding diaryl/α,β-unsaturated/α-hetero) is 1. The normalized spacial score (nSPS) is 26.6. The van der Waals surface area contributed by atoms with Gasteiger partial charge in [-0.05, 0) is 19.4 Å². The Balaban J connectivity index is 2.32. The van der Waals surface area contributed by atoms with E-state index in [0.717, 1.165) is 19.4 Å². The molecule has 0 aromatic carbocycles. The highest BCUT2D eigenvalue weighted by Crippen LogP contribution is 2.04. The molecule has 52 valence electrons. The molecule has 0 amide bonds. The number of ketones is 1. The predicted molar refractivity (Wildman–Crippen MR) is 33.1 cm³/mol. The lowest BCUT2D eigenvalue weighted by Crippen LogP contribution is -2.32. The summed E-state index contributed by atoms with van der Waals surface area (Å²) in [6, 6.07) is -0.0602. The Morgan fingerprint density at radius 3 is 3.00 bits per heavy atom. The third kappa shape index (κ3) is 1.50. The van der Waals surface area contributed by atoms with Gasteiger partial charge in [-0.25, -0.2) is 0 Å². The molecule has 1 heterocycles. The van der Waals surface area contributed by atoms with Crippen LogP contribution in [0.2, 0.25) is 0 Å². The van der Waals surface area contributed by atoms with Gasteiger partial charge in [-0.2, -0.15) is 0 Å². The average Bonchev–Trinajstić information content (AvgIpc) is 2.37. The van der Waals surface area contributed by atoms with Gasteiger partial charge in [-0.3, -0.25) is 4.79 Å². The number of carbonyl (C=O) groups is 1. The summed E-state index contributed by atoms with van der Waals surface area (Å²) in [6.45, 7) is 0.591. The summed E-state index contributed by atoms with van der Waals surface area (Å²) in [6.07, 6.45) is 1.94. The molecule has 1 aliphatic heterocycles. The van der Waals surface area contributed by atoms with Crippen molar-refractivity contribution in [3.05, 3.63) is 0 Å². The fourth-order valence-corrected chi connectivity index (χ4v) is 1.07. The lowest BCUT2D eigenvalue weighted by atomic mass is 10.1. The molecule has 1 unspecified atom stereocenters. The SMILES string of the molecule is O=C(CO)C1CCCN1. The molecule has 3 heteroatoms. The lowest BCUT2D eigenvalue weighted by Gasteiger charge is -2.04. The maximum atomic E-state index is 10.7. The Labute approximate surface area is 54.1 Å². The van der Waals surface area contributed by atoms with Crippen LogP contribution in [0.4, 0.5) is 0 Å². The summed E-state index contributed by atoms with van der Waals surface area (Å²) in [5.41, 5.74) is 0. The molecule has 9 heavy (non-hydrogen) atoms. The summed E-state index contributed by atoms with van der Waals surface area (Å²) >= 11 is 0. The van der Waals surface area contributed by atoms with Crippen LogP contribution < -0.4 is 5.32 Å². The molecule has 1 rings (SSSR count). The van der Waals surface area contributed by atoms with Gasteiger partial charge >= 0.3 is 0 Å². The number of hydrogen-bond acceptors (Lipinski definition) is 3. The van der Waals surface area contributed by atoms with E-state index in [2.05, 4.69) is 5.32 Å². The molecular formula is C6H11NO2. The smallest absolute Gasteiger partial charge is 0.174 e. The number of carbonyl (C=O) groups excluding carboxylic acids is 1. The first-order valence-corrected chi connectivity index (χ1v) is 3.21. The van der Waals surface area contributed by atoms with Gasteiger partial charge in [-0.15, -0.1) is 0 Å². The van der Waals surface area contributed by atoms with Gasteiger partial charge in [0.05, 0.1) is 6.04 Å². The topological polar surface area (TPSA) is 49.3 Å². The van der Waals surface area contributed by atoms with Crippen LogP contribution in [-0.4, -0.2) is 30.1 Å². The summed E-state index contributed by atoms with van der Waals surface area (Å²) in [5, 5.41) is 11.4. The van der Waals surface area contributed by atoms with Crippen molar-refractivity contribution >= 4 is 5.78 Å². The van der Waals surface area contributed by atoms with Crippen LogP contribution in [0.15, 0.2) is 0 Å². The van der Waals surface area contributed by atoms with Crippen LogP contribution in [0.25, 0.3) is 0 Å². The minimum atomic E-state index is -0.322. The summed E-state index contributed by atoms with van der Waals surface area (Å²) < 4.78 is 0. The van der Waals surface area contributed by atoms with Crippen molar-refractivity contribution in [3.63, 3.8) is 0 Å². The molecule has 0 bridgehead atoms. The van der Waals surface area contributed by atoms with E-state index < -0.39 is 0 Å². The zero-order chi connectivity index (χ0) is 6.69. The highest BCUT2D eigenvalue weighted by Gasteiger charge is 2.20. The minimum Gasteiger partial charge on any atom is -0.389 e. The molecule has 0 aliphatic carbocycles. The van der Waals surface area contributed by atoms with Crippen LogP contribution in [0.5, 0.6) is 0 Å². The van der Waals surface area contributed by atoms with Crippen molar-refractivity contribution in [1.82, 2.24) is 5.32 Å². The predicted octanol–water partition coefficient (Wildman–Crippen LogP) is -0.700. The molecule has 2 N–H and O–H groups in total. The highest BCUT2D eigenvalue weighted by molar-refractivity contribution is 5.85. The Kier molecular flexibility index (Phi) is 2.19. The average molecular weight is 129 g/mol. The summed E-state index contributed by atoms with van der Waals surface area (Å²) in [4.78, 5) is 10.7. The third-order valence-corrected chi connectivity index (χ3v) is 1.60. The second kappa shape index (κ2) is 2.94. The van der Waals surface area contributed by atoms with Crippen LogP contribution in [-0.2, 0) is 4.79 Å². The second-order valence-electron chi connectivity index (χ2n) is 2.27. The molecule has 0 aromatic rings. The third-order valence-electron chi connectivity index (χ3n) is 1.60. The number of aliphatic hydroxyl groups is 1. The zero-order valence-electron chi connectivity index (χ0n) is 5.26. The molecule has 0 radical (unpaired) electrons. The van der Waals surface area contributed by atoms with Crippen molar-refractivity contribution in [2.75, 3.05) is 13.2 Å². The monoisotopic (exact) mass is 129 g/mol. The molecule has 0 saturated carbocycles. The standard InChI is InChI=1S/C6H11NO2/c8-4-6(9)5-2-1-3-7-5/h5,7-8H,1-4H2. The quantitative estimate of drug-likeness (QED) is 0.518. The first-order valence-electron chi connectivity index (χ1n) is 3.21. The van der Waals surface area contributed by atoms with Crippen LogP contribution >= 0.6 is 0 Å². The van der Waals surface area contributed by atoms with Gasteiger partial charge in [0.1, 0.15) is 6.61 Å². The highest BCUT2D eigenvalue weighted by atomic mass is 16.3. The van der Waals surface area contributed by atoms with Gasteiger partial charge in [0.15, 0.2) is 5.78 Å². The van der Waals surface area contributed by atoms with E-state index in [1.54, 1.807) is 0 Å². The van der Waals surface area contributed by atoms with Crippen molar-refractivity contribution in [3.8, 4) is 0 Å². The lowest BCUT2D eigenvalue weighted by molar-refractivity contribution is -0.123. The van der Waals surface area contributed by atoms with Crippen molar-refractivity contribution in [2.45, 2.75) is 18.9 Å². The fraction of sp³-hybridized carbons (Fsp3) is 0.833. The molecule has 0 aromatic heterocycles. The minimum absolute atomic E-state index is 0.0602. The van der Waals surface area contributed by atoms with Gasteiger partial charge in [0.2, 0.25) is 0 Å². The van der Waals surface area contributed by atoms with E-state index in [4.69, 9.17) is 5.11 Å². The van der Waals surface area contributed by atoms with Gasteiger partial charge in [0, 0.05) is 0 Å². The van der Waals surface area contributed by atoms with Crippen LogP contribution in [0.1, 0.15) is 12.8 Å².